The van der Waals surface area contributed by atoms with E-state index >= 15 is 0 Å². The molecule has 1 amide bonds. The van der Waals surface area contributed by atoms with Gasteiger partial charge in [0.2, 0.25) is 0 Å². The topological polar surface area (TPSA) is 51.2 Å². The fourth-order valence-electron chi connectivity index (χ4n) is 2.24. The Morgan fingerprint density at radius 1 is 1.12 bits per heavy atom. The lowest BCUT2D eigenvalue weighted by Gasteiger charge is -2.12. The third-order valence-corrected chi connectivity index (χ3v) is 3.84. The molecule has 0 saturated carbocycles. The molecule has 1 heterocycles. The van der Waals surface area contributed by atoms with Gasteiger partial charge in [0.1, 0.15) is 18.2 Å². The number of ether oxygens (including phenoxy) is 1. The second-order valence-corrected chi connectivity index (χ2v) is 5.59. The van der Waals surface area contributed by atoms with Crippen molar-refractivity contribution in [3.63, 3.8) is 0 Å². The summed E-state index contributed by atoms with van der Waals surface area (Å²) < 4.78 is 19.5. The van der Waals surface area contributed by atoms with Gasteiger partial charge >= 0.3 is 0 Å². The smallest absolute Gasteiger partial charge is 0.259 e. The number of carbonyl (C=O) groups excluding carboxylic acids is 1. The van der Waals surface area contributed by atoms with Gasteiger partial charge in [-0.2, -0.15) is 0 Å². The number of rotatable bonds is 5. The van der Waals surface area contributed by atoms with Crippen molar-refractivity contribution < 1.29 is 13.9 Å². The van der Waals surface area contributed by atoms with Crippen LogP contribution in [0.15, 0.2) is 67.0 Å². The van der Waals surface area contributed by atoms with Crippen molar-refractivity contribution in [3.8, 4) is 5.75 Å². The molecule has 25 heavy (non-hydrogen) atoms. The van der Waals surface area contributed by atoms with Crippen molar-refractivity contribution >= 4 is 23.2 Å². The summed E-state index contributed by atoms with van der Waals surface area (Å²) in [4.78, 5) is 16.4. The van der Waals surface area contributed by atoms with Crippen molar-refractivity contribution in [2.45, 2.75) is 6.61 Å². The summed E-state index contributed by atoms with van der Waals surface area (Å²) in [5.74, 6) is -0.462. The van der Waals surface area contributed by atoms with Crippen molar-refractivity contribution in [1.29, 1.82) is 0 Å². The summed E-state index contributed by atoms with van der Waals surface area (Å²) in [6, 6.07) is 14.6. The van der Waals surface area contributed by atoms with E-state index in [-0.39, 0.29) is 23.1 Å². The summed E-state index contributed by atoms with van der Waals surface area (Å²) in [5, 5.41) is 3.01. The van der Waals surface area contributed by atoms with Crippen LogP contribution in [-0.4, -0.2) is 10.9 Å². The van der Waals surface area contributed by atoms with Crippen LogP contribution >= 0.6 is 11.6 Å². The lowest BCUT2D eigenvalue weighted by Crippen LogP contribution is -2.14. The number of benzene rings is 2. The van der Waals surface area contributed by atoms with E-state index < -0.39 is 5.82 Å². The van der Waals surface area contributed by atoms with Crippen LogP contribution in [0, 0.1) is 5.82 Å². The van der Waals surface area contributed by atoms with Crippen LogP contribution < -0.4 is 10.1 Å². The highest BCUT2D eigenvalue weighted by molar-refractivity contribution is 6.31. The lowest BCUT2D eigenvalue weighted by molar-refractivity contribution is 0.102. The number of hydrogen-bond donors (Lipinski definition) is 1. The van der Waals surface area contributed by atoms with Crippen molar-refractivity contribution in [2.75, 3.05) is 5.32 Å². The standard InChI is InChI=1S/C19H14ClFN2O2/c20-16-7-3-8-17(21)15(16)12-25-18-9-2-1-6-14(18)19(24)23-13-5-4-10-22-11-13/h1-11H,12H2,(H,23,24). The van der Waals surface area contributed by atoms with E-state index in [2.05, 4.69) is 10.3 Å². The van der Waals surface area contributed by atoms with E-state index in [1.807, 2.05) is 0 Å². The van der Waals surface area contributed by atoms with Crippen molar-refractivity contribution in [1.82, 2.24) is 4.98 Å². The Kier molecular flexibility index (Phi) is 5.26. The SMILES string of the molecule is O=C(Nc1cccnc1)c1ccccc1OCc1c(F)cccc1Cl. The van der Waals surface area contributed by atoms with Gasteiger partial charge < -0.3 is 10.1 Å². The molecule has 0 spiro atoms. The molecule has 4 nitrogen and oxygen atoms in total. The minimum atomic E-state index is -0.454. The molecule has 0 aliphatic heterocycles. The average molecular weight is 357 g/mol. The Bertz CT molecular complexity index is 867. The number of amides is 1. The molecule has 3 rings (SSSR count). The number of para-hydroxylation sites is 1. The van der Waals surface area contributed by atoms with E-state index in [0.29, 0.717) is 17.0 Å². The molecule has 2 aromatic carbocycles. The molecule has 0 aliphatic carbocycles. The van der Waals surface area contributed by atoms with Gasteiger partial charge in [0.05, 0.1) is 22.5 Å². The Morgan fingerprint density at radius 3 is 2.72 bits per heavy atom. The molecule has 0 unspecified atom stereocenters. The van der Waals surface area contributed by atoms with Crippen LogP contribution in [0.1, 0.15) is 15.9 Å². The molecule has 0 fully saturated rings. The molecule has 0 atom stereocenters. The van der Waals surface area contributed by atoms with Crippen molar-refractivity contribution in [3.05, 3.63) is 89.0 Å². The van der Waals surface area contributed by atoms with Crippen molar-refractivity contribution in [2.24, 2.45) is 0 Å². The van der Waals surface area contributed by atoms with Gasteiger partial charge in [0.15, 0.2) is 0 Å². The van der Waals surface area contributed by atoms with Crippen LogP contribution in [0.4, 0.5) is 10.1 Å². The number of hydrogen-bond acceptors (Lipinski definition) is 3. The molecule has 3 aromatic rings. The highest BCUT2D eigenvalue weighted by Gasteiger charge is 2.14. The van der Waals surface area contributed by atoms with E-state index in [0.717, 1.165) is 0 Å². The number of anilines is 1. The predicted molar refractivity (Wildman–Crippen MR) is 94.4 cm³/mol. The minimum Gasteiger partial charge on any atom is -0.488 e. The fourth-order valence-corrected chi connectivity index (χ4v) is 2.45. The highest BCUT2D eigenvalue weighted by atomic mass is 35.5. The van der Waals surface area contributed by atoms with E-state index in [1.165, 1.54) is 12.1 Å². The molecular weight excluding hydrogens is 343 g/mol. The molecule has 6 heteroatoms. The Balaban J connectivity index is 1.78. The molecule has 1 aromatic heterocycles. The molecule has 0 bridgehead atoms. The number of halogens is 2. The average Bonchev–Trinajstić information content (AvgIpc) is 2.62. The molecular formula is C19H14ClFN2O2. The zero-order chi connectivity index (χ0) is 17.6. The Hall–Kier alpha value is -2.92. The normalized spacial score (nSPS) is 10.3. The van der Waals surface area contributed by atoms with E-state index in [9.17, 15) is 9.18 Å². The Morgan fingerprint density at radius 2 is 1.96 bits per heavy atom. The van der Waals surface area contributed by atoms with Gasteiger partial charge in [0.25, 0.3) is 5.91 Å². The van der Waals surface area contributed by atoms with Crippen LogP contribution in [-0.2, 0) is 6.61 Å². The molecule has 1 N–H and O–H groups in total. The van der Waals surface area contributed by atoms with E-state index in [4.69, 9.17) is 16.3 Å². The number of nitrogens with zero attached hydrogens (tertiary/aromatic N) is 1. The third-order valence-electron chi connectivity index (χ3n) is 3.48. The zero-order valence-electron chi connectivity index (χ0n) is 13.1. The van der Waals surface area contributed by atoms with Crippen LogP contribution in [0.2, 0.25) is 5.02 Å². The fraction of sp³-hybridized carbons (Fsp3) is 0.0526. The predicted octanol–water partition coefficient (Wildman–Crippen LogP) is 4.71. The maximum atomic E-state index is 13.8. The second-order valence-electron chi connectivity index (χ2n) is 5.18. The first kappa shape index (κ1) is 16.9. The summed E-state index contributed by atoms with van der Waals surface area (Å²) in [6.45, 7) is -0.0807. The van der Waals surface area contributed by atoms with Gasteiger partial charge in [-0.25, -0.2) is 4.39 Å². The minimum absolute atomic E-state index is 0.0807. The first-order chi connectivity index (χ1) is 12.1. The number of carbonyl (C=O) groups is 1. The van der Waals surface area contributed by atoms with Gasteiger partial charge in [-0.05, 0) is 36.4 Å². The van der Waals surface area contributed by atoms with Gasteiger partial charge in [-0.15, -0.1) is 0 Å². The molecule has 126 valence electrons. The summed E-state index contributed by atoms with van der Waals surface area (Å²) >= 11 is 6.00. The maximum absolute atomic E-state index is 13.8. The zero-order valence-corrected chi connectivity index (χ0v) is 13.8. The van der Waals surface area contributed by atoms with Crippen LogP contribution in [0.25, 0.3) is 0 Å². The maximum Gasteiger partial charge on any atom is 0.259 e. The quantitative estimate of drug-likeness (QED) is 0.720. The second kappa shape index (κ2) is 7.77. The number of nitrogens with one attached hydrogen (secondary N) is 1. The first-order valence-electron chi connectivity index (χ1n) is 7.51. The molecule has 0 radical (unpaired) electrons. The van der Waals surface area contributed by atoms with Gasteiger partial charge in [-0.3, -0.25) is 9.78 Å². The van der Waals surface area contributed by atoms with Gasteiger partial charge in [-0.1, -0.05) is 29.8 Å². The Labute approximate surface area is 149 Å². The largest absolute Gasteiger partial charge is 0.488 e. The third kappa shape index (κ3) is 4.14. The van der Waals surface area contributed by atoms with Crippen LogP contribution in [0.5, 0.6) is 5.75 Å². The molecule has 0 aliphatic rings. The molecule has 0 saturated heterocycles. The summed E-state index contributed by atoms with van der Waals surface area (Å²) in [5.41, 5.74) is 1.14. The summed E-state index contributed by atoms with van der Waals surface area (Å²) in [7, 11) is 0. The number of aromatic nitrogens is 1. The monoisotopic (exact) mass is 356 g/mol. The van der Waals surface area contributed by atoms with Gasteiger partial charge in [0, 0.05) is 11.8 Å². The number of pyridine rings is 1. The van der Waals surface area contributed by atoms with E-state index in [1.54, 1.807) is 54.9 Å². The summed E-state index contributed by atoms with van der Waals surface area (Å²) in [6.07, 6.45) is 3.16. The lowest BCUT2D eigenvalue weighted by atomic mass is 10.1. The highest BCUT2D eigenvalue weighted by Crippen LogP contribution is 2.24. The van der Waals surface area contributed by atoms with Crippen LogP contribution in [0.3, 0.4) is 0 Å². The first-order valence-corrected chi connectivity index (χ1v) is 7.89.